The van der Waals surface area contributed by atoms with Crippen molar-refractivity contribution < 1.29 is 34.8 Å². The van der Waals surface area contributed by atoms with Crippen LogP contribution in [0.2, 0.25) is 5.02 Å². The van der Waals surface area contributed by atoms with Gasteiger partial charge in [-0.25, -0.2) is 4.79 Å². The number of hydrogen-bond acceptors (Lipinski definition) is 8. The largest absolute Gasteiger partial charge is 0.394 e. The number of nitrogens with zero attached hydrogens (tertiary/aromatic N) is 2. The van der Waals surface area contributed by atoms with Gasteiger partial charge in [-0.05, 0) is 41.1 Å². The molecular weight excluding hydrogens is 572 g/mol. The molecule has 0 saturated heterocycles. The molecule has 1 aliphatic rings. The second kappa shape index (κ2) is 12.1. The van der Waals surface area contributed by atoms with Crippen LogP contribution in [0, 0.1) is 0 Å². The fourth-order valence-corrected chi connectivity index (χ4v) is 4.60. The molecule has 0 saturated carbocycles. The van der Waals surface area contributed by atoms with Crippen LogP contribution in [0.5, 0.6) is 0 Å². The fourth-order valence-electron chi connectivity index (χ4n) is 3.76. The number of nitrogens with one attached hydrogen (secondary N) is 2. The Morgan fingerprint density at radius 1 is 1.16 bits per heavy atom. The lowest BCUT2D eigenvalue weighted by Crippen LogP contribution is -2.52. The van der Waals surface area contributed by atoms with Crippen molar-refractivity contribution >= 4 is 62.3 Å². The van der Waals surface area contributed by atoms with E-state index >= 15 is 0 Å². The van der Waals surface area contributed by atoms with Gasteiger partial charge >= 0.3 is 6.03 Å². The van der Waals surface area contributed by atoms with Gasteiger partial charge in [0.15, 0.2) is 5.78 Å². The van der Waals surface area contributed by atoms with Crippen LogP contribution in [-0.4, -0.2) is 88.4 Å². The first-order valence-electron chi connectivity index (χ1n) is 11.1. The summed E-state index contributed by atoms with van der Waals surface area (Å²) in [7, 11) is 1.61. The molecule has 4 atom stereocenters. The lowest BCUT2D eigenvalue weighted by atomic mass is 9.99. The lowest BCUT2D eigenvalue weighted by molar-refractivity contribution is -0.137. The summed E-state index contributed by atoms with van der Waals surface area (Å²) < 4.78 is 0.371. The maximum absolute atomic E-state index is 12.9. The monoisotopic (exact) mass is 596 g/mol. The van der Waals surface area contributed by atoms with Crippen LogP contribution in [0.15, 0.2) is 45.9 Å². The number of ketones is 1. The number of rotatable bonds is 8. The van der Waals surface area contributed by atoms with E-state index < -0.39 is 49.3 Å². The molecule has 0 unspecified atom stereocenters. The summed E-state index contributed by atoms with van der Waals surface area (Å²) in [6.07, 6.45) is -3.78. The van der Waals surface area contributed by atoms with Gasteiger partial charge in [0.05, 0.1) is 34.8 Å². The number of halogens is 2. The van der Waals surface area contributed by atoms with Crippen molar-refractivity contribution in [3.05, 3.63) is 57.0 Å². The highest BCUT2D eigenvalue weighted by atomic mass is 79.9. The van der Waals surface area contributed by atoms with E-state index in [0.717, 1.165) is 0 Å². The minimum absolute atomic E-state index is 0.242. The first-order chi connectivity index (χ1) is 17.5. The third-order valence-corrected chi connectivity index (χ3v) is 6.93. The van der Waals surface area contributed by atoms with Gasteiger partial charge in [-0.3, -0.25) is 14.6 Å². The maximum Gasteiger partial charge on any atom is 0.319 e. The molecule has 0 aliphatic carbocycles. The van der Waals surface area contributed by atoms with Gasteiger partial charge in [0.2, 0.25) is 0 Å². The van der Waals surface area contributed by atoms with Crippen LogP contribution in [-0.2, 0) is 9.59 Å². The summed E-state index contributed by atoms with van der Waals surface area (Å²) in [6.45, 7) is -0.0819. The van der Waals surface area contributed by atoms with Crippen LogP contribution in [0.3, 0.4) is 0 Å². The molecule has 13 heteroatoms. The summed E-state index contributed by atoms with van der Waals surface area (Å²) in [6, 6.07) is 6.98. The van der Waals surface area contributed by atoms with E-state index in [1.54, 1.807) is 44.3 Å². The molecule has 0 fully saturated rings. The first-order valence-corrected chi connectivity index (χ1v) is 12.3. The van der Waals surface area contributed by atoms with E-state index in [1.807, 2.05) is 0 Å². The zero-order valence-corrected chi connectivity index (χ0v) is 22.2. The summed E-state index contributed by atoms with van der Waals surface area (Å²) in [5.74, 6) is -1.33. The van der Waals surface area contributed by atoms with E-state index in [-0.39, 0.29) is 11.6 Å². The van der Waals surface area contributed by atoms with Crippen molar-refractivity contribution in [3.63, 3.8) is 0 Å². The Bertz CT molecular complexity index is 1240. The van der Waals surface area contributed by atoms with Gasteiger partial charge in [-0.2, -0.15) is 0 Å². The molecule has 3 rings (SSSR count). The molecule has 0 aromatic heterocycles. The van der Waals surface area contributed by atoms with Crippen LogP contribution >= 0.6 is 27.5 Å². The second-order valence-electron chi connectivity index (χ2n) is 8.28. The number of carbonyl (C=O) groups excluding carboxylic acids is 3. The predicted molar refractivity (Wildman–Crippen MR) is 141 cm³/mol. The molecule has 0 radical (unpaired) electrons. The number of hydrogen-bond donors (Lipinski definition) is 6. The molecule has 3 amide bonds. The molecule has 2 aromatic rings. The number of benzene rings is 2. The number of aliphatic imine (C=N–C) groups is 1. The molecule has 2 aromatic carbocycles. The Morgan fingerprint density at radius 3 is 2.46 bits per heavy atom. The van der Waals surface area contributed by atoms with Gasteiger partial charge in [-0.1, -0.05) is 29.8 Å². The molecule has 11 nitrogen and oxygen atoms in total. The number of likely N-dealkylation sites (N-methyl/N-ethyl adjacent to an activating group) is 1. The quantitative estimate of drug-likeness (QED) is 0.264. The van der Waals surface area contributed by atoms with Crippen LogP contribution in [0.4, 0.5) is 16.2 Å². The van der Waals surface area contributed by atoms with Gasteiger partial charge in [0.1, 0.15) is 24.3 Å². The highest BCUT2D eigenvalue weighted by Gasteiger charge is 2.33. The Balaban J connectivity index is 1.98. The molecule has 0 bridgehead atoms. The number of amides is 3. The first kappa shape index (κ1) is 28.7. The van der Waals surface area contributed by atoms with Crippen LogP contribution in [0.25, 0.3) is 0 Å². The van der Waals surface area contributed by atoms with E-state index in [1.165, 1.54) is 11.0 Å². The molecule has 37 heavy (non-hydrogen) atoms. The smallest absolute Gasteiger partial charge is 0.319 e. The van der Waals surface area contributed by atoms with Gasteiger partial charge in [0.25, 0.3) is 5.91 Å². The summed E-state index contributed by atoms with van der Waals surface area (Å²) in [5, 5.41) is 43.0. The van der Waals surface area contributed by atoms with Crippen LogP contribution in [0.1, 0.15) is 18.1 Å². The van der Waals surface area contributed by atoms with Crippen molar-refractivity contribution in [2.75, 3.05) is 30.5 Å². The lowest BCUT2D eigenvalue weighted by Gasteiger charge is -2.23. The zero-order valence-electron chi connectivity index (χ0n) is 19.9. The molecule has 1 aliphatic heterocycles. The number of fused-ring (bicyclic) bond motifs is 1. The molecule has 1 heterocycles. The van der Waals surface area contributed by atoms with Gasteiger partial charge < -0.3 is 36.0 Å². The summed E-state index contributed by atoms with van der Waals surface area (Å²) in [4.78, 5) is 43.9. The molecule has 198 valence electrons. The number of Topliss-reactive ketones (excluding diaryl/α,β-unsaturated/α-hetero) is 1. The van der Waals surface area contributed by atoms with Crippen molar-refractivity contribution in [3.8, 4) is 0 Å². The molecule has 0 spiro atoms. The van der Waals surface area contributed by atoms with Crippen molar-refractivity contribution in [1.29, 1.82) is 0 Å². The zero-order chi connectivity index (χ0) is 27.4. The van der Waals surface area contributed by atoms with E-state index in [9.17, 15) is 29.7 Å². The number of benzodiazepines with no additional fused rings is 1. The number of carbonyl (C=O) groups is 3. The summed E-state index contributed by atoms with van der Waals surface area (Å²) >= 11 is 9.95. The van der Waals surface area contributed by atoms with Crippen molar-refractivity contribution in [1.82, 2.24) is 5.32 Å². The van der Waals surface area contributed by atoms with Gasteiger partial charge in [-0.15, -0.1) is 0 Å². The van der Waals surface area contributed by atoms with E-state index in [4.69, 9.17) is 16.7 Å². The summed E-state index contributed by atoms with van der Waals surface area (Å²) in [5.41, 5.74) is 2.24. The number of urea groups is 1. The Morgan fingerprint density at radius 2 is 1.84 bits per heavy atom. The average Bonchev–Trinajstić information content (AvgIpc) is 2.98. The predicted octanol–water partition coefficient (Wildman–Crippen LogP) is 1.07. The van der Waals surface area contributed by atoms with Crippen LogP contribution < -0.4 is 15.5 Å². The Hall–Kier alpha value is -2.87. The van der Waals surface area contributed by atoms with E-state index in [2.05, 4.69) is 31.6 Å². The van der Waals surface area contributed by atoms with Gasteiger partial charge in [0, 0.05) is 23.2 Å². The third-order valence-electron chi connectivity index (χ3n) is 5.78. The SMILES string of the molecule is C[C@@H]1N=C(c2ccccc2Cl)c2c(ccc(NC(=O)N[C@@H](CO)C(=O)[C@H](O)[C@H](O)CO)c2Br)N(C)C1=O. The fraction of sp³-hybridized carbons (Fsp3) is 0.333. The number of aliphatic hydroxyl groups excluding tert-OH is 4. The Kier molecular flexibility index (Phi) is 9.40. The number of anilines is 2. The third kappa shape index (κ3) is 6.00. The van der Waals surface area contributed by atoms with Crippen molar-refractivity contribution in [2.45, 2.75) is 31.2 Å². The minimum atomic E-state index is -2.01. The maximum atomic E-state index is 12.9. The highest BCUT2D eigenvalue weighted by molar-refractivity contribution is 9.10. The standard InChI is InChI=1S/C24H26BrClN4O7/c1-11-23(36)30(2)16-8-7-14(19(25)18(16)20(27-11)12-5-3-4-6-13(12)26)28-24(37)29-15(9-31)21(34)22(35)17(33)10-32/h3-8,11,15,17,22,31-33,35H,9-10H2,1-2H3,(H2,28,29,37)/t11-,15-,17+,22+/m0/s1. The second-order valence-corrected chi connectivity index (χ2v) is 9.48. The molecule has 6 N–H and O–H groups in total. The van der Waals surface area contributed by atoms with E-state index in [0.29, 0.717) is 32.0 Å². The topological polar surface area (TPSA) is 172 Å². The minimum Gasteiger partial charge on any atom is -0.394 e. The highest BCUT2D eigenvalue weighted by Crippen LogP contribution is 2.39. The molecular formula is C24H26BrClN4O7. The Labute approximate surface area is 225 Å². The number of aliphatic hydroxyl groups is 4. The normalized spacial score (nSPS) is 17.7. The average molecular weight is 598 g/mol. The van der Waals surface area contributed by atoms with Crippen molar-refractivity contribution in [2.24, 2.45) is 4.99 Å².